The molecule has 2 fully saturated rings. The zero-order valence-electron chi connectivity index (χ0n) is 13.6. The van der Waals surface area contributed by atoms with Crippen LogP contribution in [0.4, 0.5) is 4.79 Å². The summed E-state index contributed by atoms with van der Waals surface area (Å²) in [6, 6.07) is 4.26. The minimum atomic E-state index is 0.0544. The van der Waals surface area contributed by atoms with Crippen molar-refractivity contribution in [1.29, 1.82) is 10.5 Å². The smallest absolute Gasteiger partial charge is 0.317 e. The number of amides is 2. The molecule has 0 aromatic heterocycles. The van der Waals surface area contributed by atoms with Crippen LogP contribution < -0.4 is 5.32 Å². The highest BCUT2D eigenvalue weighted by atomic mass is 16.2. The lowest BCUT2D eigenvalue weighted by Crippen LogP contribution is -2.50. The van der Waals surface area contributed by atoms with Gasteiger partial charge in [0, 0.05) is 65.4 Å². The van der Waals surface area contributed by atoms with E-state index in [0.29, 0.717) is 13.1 Å². The van der Waals surface area contributed by atoms with Crippen molar-refractivity contribution < 1.29 is 4.79 Å². The molecule has 2 heterocycles. The highest BCUT2D eigenvalue weighted by molar-refractivity contribution is 5.76. The van der Waals surface area contributed by atoms with Crippen LogP contribution in [0.1, 0.15) is 0 Å². The molecule has 0 radical (unpaired) electrons. The number of urea groups is 1. The van der Waals surface area contributed by atoms with E-state index in [1.165, 1.54) is 0 Å². The molecule has 1 N–H and O–H groups in total. The minimum absolute atomic E-state index is 0.0544. The van der Waals surface area contributed by atoms with Gasteiger partial charge in [-0.3, -0.25) is 14.7 Å². The Morgan fingerprint density at radius 1 is 0.957 bits per heavy atom. The Kier molecular flexibility index (Phi) is 7.08. The topological polar surface area (TPSA) is 89.6 Å². The summed E-state index contributed by atoms with van der Waals surface area (Å²) in [5.41, 5.74) is 0. The fraction of sp³-hybridized carbons (Fsp3) is 0.800. The number of carbonyl (C=O) groups excluding carboxylic acids is 1. The van der Waals surface area contributed by atoms with E-state index in [9.17, 15) is 4.79 Å². The van der Waals surface area contributed by atoms with E-state index in [0.717, 1.165) is 65.4 Å². The Labute approximate surface area is 137 Å². The first-order chi connectivity index (χ1) is 11.2. The molecular weight excluding hydrogens is 294 g/mol. The SMILES string of the molecule is N#CCN(CC#N)CCN1CCN(CCN2CCNC2=O)CC1. The van der Waals surface area contributed by atoms with Crippen LogP contribution in [0.5, 0.6) is 0 Å². The number of hydrogen-bond acceptors (Lipinski definition) is 6. The number of nitrogens with zero attached hydrogens (tertiary/aromatic N) is 6. The molecule has 0 saturated carbocycles. The number of hydrogen-bond donors (Lipinski definition) is 1. The molecule has 23 heavy (non-hydrogen) atoms. The van der Waals surface area contributed by atoms with E-state index in [4.69, 9.17) is 10.5 Å². The molecule has 0 aliphatic carbocycles. The van der Waals surface area contributed by atoms with Crippen LogP contribution in [0, 0.1) is 22.7 Å². The zero-order valence-corrected chi connectivity index (χ0v) is 13.6. The van der Waals surface area contributed by atoms with Crippen molar-refractivity contribution in [1.82, 2.24) is 24.9 Å². The summed E-state index contributed by atoms with van der Waals surface area (Å²) in [6.45, 7) is 9.58. The van der Waals surface area contributed by atoms with E-state index < -0.39 is 0 Å². The van der Waals surface area contributed by atoms with Gasteiger partial charge in [0.25, 0.3) is 0 Å². The normalized spacial score (nSPS) is 19.6. The Hall–Kier alpha value is -1.87. The third-order valence-electron chi connectivity index (χ3n) is 4.42. The Bertz CT molecular complexity index is 445. The fourth-order valence-electron chi connectivity index (χ4n) is 2.92. The van der Waals surface area contributed by atoms with Crippen LogP contribution in [0.25, 0.3) is 0 Å². The summed E-state index contributed by atoms with van der Waals surface area (Å²) in [5.74, 6) is 0. The van der Waals surface area contributed by atoms with Crippen LogP contribution >= 0.6 is 0 Å². The number of nitrogens with one attached hydrogen (secondary N) is 1. The molecule has 2 amide bonds. The average molecular weight is 319 g/mol. The molecule has 2 saturated heterocycles. The lowest BCUT2D eigenvalue weighted by atomic mass is 10.3. The van der Waals surface area contributed by atoms with Crippen molar-refractivity contribution in [2.45, 2.75) is 0 Å². The van der Waals surface area contributed by atoms with Gasteiger partial charge in [-0.2, -0.15) is 10.5 Å². The highest BCUT2D eigenvalue weighted by Crippen LogP contribution is 2.04. The highest BCUT2D eigenvalue weighted by Gasteiger charge is 2.22. The van der Waals surface area contributed by atoms with Gasteiger partial charge in [-0.15, -0.1) is 0 Å². The number of carbonyl (C=O) groups is 1. The van der Waals surface area contributed by atoms with Gasteiger partial charge < -0.3 is 10.2 Å². The summed E-state index contributed by atoms with van der Waals surface area (Å²) in [6.07, 6.45) is 0. The van der Waals surface area contributed by atoms with E-state index in [1.54, 1.807) is 0 Å². The summed E-state index contributed by atoms with van der Waals surface area (Å²) < 4.78 is 0. The van der Waals surface area contributed by atoms with Gasteiger partial charge in [-0.25, -0.2) is 4.79 Å². The predicted molar refractivity (Wildman–Crippen MR) is 85.5 cm³/mol. The number of piperazine rings is 1. The minimum Gasteiger partial charge on any atom is -0.336 e. The summed E-state index contributed by atoms with van der Waals surface area (Å²) in [7, 11) is 0. The van der Waals surface area contributed by atoms with E-state index in [-0.39, 0.29) is 6.03 Å². The van der Waals surface area contributed by atoms with Crippen LogP contribution in [0.15, 0.2) is 0 Å². The summed E-state index contributed by atoms with van der Waals surface area (Å²) >= 11 is 0. The molecule has 2 aliphatic heterocycles. The molecular formula is C15H25N7O. The maximum Gasteiger partial charge on any atom is 0.317 e. The third-order valence-corrected chi connectivity index (χ3v) is 4.42. The molecule has 0 spiro atoms. The fourth-order valence-corrected chi connectivity index (χ4v) is 2.92. The van der Waals surface area contributed by atoms with Crippen LogP contribution in [-0.2, 0) is 0 Å². The van der Waals surface area contributed by atoms with Gasteiger partial charge in [0.15, 0.2) is 0 Å². The van der Waals surface area contributed by atoms with Crippen LogP contribution in [-0.4, -0.2) is 104 Å². The molecule has 2 aliphatic rings. The Morgan fingerprint density at radius 2 is 1.57 bits per heavy atom. The Balaban J connectivity index is 1.61. The van der Waals surface area contributed by atoms with Gasteiger partial charge in [0.2, 0.25) is 0 Å². The number of rotatable bonds is 8. The molecule has 0 unspecified atom stereocenters. The molecule has 8 heteroatoms. The quantitative estimate of drug-likeness (QED) is 0.576. The molecule has 2 rings (SSSR count). The van der Waals surface area contributed by atoms with Gasteiger partial charge in [-0.05, 0) is 0 Å². The first kappa shape index (κ1) is 17.5. The van der Waals surface area contributed by atoms with Gasteiger partial charge in [0.05, 0.1) is 25.2 Å². The number of nitriles is 2. The van der Waals surface area contributed by atoms with Gasteiger partial charge in [-0.1, -0.05) is 0 Å². The molecule has 126 valence electrons. The van der Waals surface area contributed by atoms with Crippen molar-refractivity contribution in [2.75, 3.05) is 78.5 Å². The lowest BCUT2D eigenvalue weighted by Gasteiger charge is -2.35. The maximum atomic E-state index is 11.5. The van der Waals surface area contributed by atoms with Crippen LogP contribution in [0.2, 0.25) is 0 Å². The maximum absolute atomic E-state index is 11.5. The third kappa shape index (κ3) is 5.68. The lowest BCUT2D eigenvalue weighted by molar-refractivity contribution is 0.116. The first-order valence-electron chi connectivity index (χ1n) is 8.16. The summed E-state index contributed by atoms with van der Waals surface area (Å²) in [4.78, 5) is 20.0. The summed E-state index contributed by atoms with van der Waals surface area (Å²) in [5, 5.41) is 20.3. The van der Waals surface area contributed by atoms with Gasteiger partial charge in [0.1, 0.15) is 0 Å². The van der Waals surface area contributed by atoms with Crippen LogP contribution in [0.3, 0.4) is 0 Å². The monoisotopic (exact) mass is 319 g/mol. The van der Waals surface area contributed by atoms with Crippen molar-refractivity contribution in [2.24, 2.45) is 0 Å². The van der Waals surface area contributed by atoms with E-state index in [1.807, 2.05) is 9.80 Å². The molecule has 8 nitrogen and oxygen atoms in total. The van der Waals surface area contributed by atoms with E-state index in [2.05, 4.69) is 27.3 Å². The molecule has 0 aromatic carbocycles. The first-order valence-corrected chi connectivity index (χ1v) is 8.16. The average Bonchev–Trinajstić information content (AvgIpc) is 2.97. The molecule has 0 aromatic rings. The van der Waals surface area contributed by atoms with Crippen molar-refractivity contribution in [3.05, 3.63) is 0 Å². The predicted octanol–water partition coefficient (Wildman–Crippen LogP) is -1.02. The van der Waals surface area contributed by atoms with Crippen molar-refractivity contribution >= 4 is 6.03 Å². The van der Waals surface area contributed by atoms with E-state index >= 15 is 0 Å². The zero-order chi connectivity index (χ0) is 16.5. The molecule has 0 bridgehead atoms. The Morgan fingerprint density at radius 3 is 2.09 bits per heavy atom. The standard InChI is InChI=1S/C15H25N7O/c16-1-4-19(5-2-17)7-8-20-9-11-21(12-10-20)13-14-22-6-3-18-15(22)23/h3-14H2,(H,18,23). The second-order valence-electron chi connectivity index (χ2n) is 5.93. The van der Waals surface area contributed by atoms with Crippen molar-refractivity contribution in [3.8, 4) is 12.1 Å². The molecule has 0 atom stereocenters. The van der Waals surface area contributed by atoms with Crippen molar-refractivity contribution in [3.63, 3.8) is 0 Å². The second kappa shape index (κ2) is 9.31. The van der Waals surface area contributed by atoms with Gasteiger partial charge >= 0.3 is 6.03 Å². The largest absolute Gasteiger partial charge is 0.336 e. The second-order valence-corrected chi connectivity index (χ2v) is 5.93.